The molecule has 0 saturated carbocycles. The van der Waals surface area contributed by atoms with E-state index in [1.54, 1.807) is 13.0 Å². The van der Waals surface area contributed by atoms with E-state index in [9.17, 15) is 4.79 Å². The quantitative estimate of drug-likeness (QED) is 0.441. The summed E-state index contributed by atoms with van der Waals surface area (Å²) >= 11 is 0. The summed E-state index contributed by atoms with van der Waals surface area (Å²) in [5, 5.41) is 16.3. The molecule has 0 aliphatic heterocycles. The van der Waals surface area contributed by atoms with Gasteiger partial charge in [-0.25, -0.2) is 4.79 Å². The van der Waals surface area contributed by atoms with Crippen LogP contribution in [0.15, 0.2) is 11.6 Å². The van der Waals surface area contributed by atoms with Crippen molar-refractivity contribution in [2.24, 2.45) is 0 Å². The van der Waals surface area contributed by atoms with Gasteiger partial charge in [0.1, 0.15) is 0 Å². The van der Waals surface area contributed by atoms with Crippen molar-refractivity contribution < 1.29 is 9.90 Å². The van der Waals surface area contributed by atoms with Crippen LogP contribution in [0.5, 0.6) is 0 Å². The Bertz CT molecular complexity index is 176. The molecule has 0 aromatic carbocycles. The normalized spacial score (nSPS) is 10.4. The molecular formula is C6H7NO2. The van der Waals surface area contributed by atoms with E-state index in [0.29, 0.717) is 12.0 Å². The fourth-order valence-corrected chi connectivity index (χ4v) is 0.362. The first kappa shape index (κ1) is 7.70. The van der Waals surface area contributed by atoms with Crippen molar-refractivity contribution in [2.45, 2.75) is 13.3 Å². The average molecular weight is 125 g/mol. The molecule has 1 N–H and O–H groups in total. The van der Waals surface area contributed by atoms with E-state index < -0.39 is 5.97 Å². The molecule has 0 saturated heterocycles. The van der Waals surface area contributed by atoms with Gasteiger partial charge in [-0.05, 0) is 6.42 Å². The van der Waals surface area contributed by atoms with Crippen molar-refractivity contribution in [1.82, 2.24) is 0 Å². The van der Waals surface area contributed by atoms with Crippen LogP contribution in [0.3, 0.4) is 0 Å². The molecule has 0 aliphatic rings. The molecule has 0 amide bonds. The van der Waals surface area contributed by atoms with E-state index >= 15 is 0 Å². The number of aliphatic carboxylic acids is 1. The minimum Gasteiger partial charge on any atom is -0.478 e. The minimum atomic E-state index is -1.06. The molecule has 0 aromatic heterocycles. The van der Waals surface area contributed by atoms with Crippen molar-refractivity contribution in [2.75, 3.05) is 0 Å². The van der Waals surface area contributed by atoms with Gasteiger partial charge in [0.15, 0.2) is 0 Å². The van der Waals surface area contributed by atoms with Gasteiger partial charge in [0, 0.05) is 11.6 Å². The summed E-state index contributed by atoms with van der Waals surface area (Å²) in [6.45, 7) is 1.73. The molecule has 9 heavy (non-hydrogen) atoms. The molecule has 3 nitrogen and oxygen atoms in total. The smallest absolute Gasteiger partial charge is 0.329 e. The van der Waals surface area contributed by atoms with Crippen molar-refractivity contribution in [3.63, 3.8) is 0 Å². The first-order chi connectivity index (χ1) is 4.20. The number of carboxylic acids is 1. The molecule has 0 atom stereocenters. The number of nitriles is 1. The van der Waals surface area contributed by atoms with E-state index in [-0.39, 0.29) is 0 Å². The SMILES string of the molecule is CCC(C#N)=CC(=O)O. The van der Waals surface area contributed by atoms with Gasteiger partial charge in [-0.2, -0.15) is 5.26 Å². The van der Waals surface area contributed by atoms with Gasteiger partial charge in [0.25, 0.3) is 0 Å². The molecule has 0 fully saturated rings. The number of nitrogens with zero attached hydrogens (tertiary/aromatic N) is 1. The highest BCUT2D eigenvalue weighted by Gasteiger charge is 1.93. The Morgan fingerprint density at radius 1 is 1.89 bits per heavy atom. The van der Waals surface area contributed by atoms with Crippen LogP contribution in [0, 0.1) is 11.3 Å². The largest absolute Gasteiger partial charge is 0.478 e. The lowest BCUT2D eigenvalue weighted by molar-refractivity contribution is -0.131. The molecule has 0 spiro atoms. The van der Waals surface area contributed by atoms with E-state index in [2.05, 4.69) is 0 Å². The summed E-state index contributed by atoms with van der Waals surface area (Å²) in [5.41, 5.74) is 0.294. The van der Waals surface area contributed by atoms with Crippen LogP contribution in [-0.2, 0) is 4.79 Å². The summed E-state index contributed by atoms with van der Waals surface area (Å²) in [6, 6.07) is 1.76. The van der Waals surface area contributed by atoms with Crippen LogP contribution in [0.2, 0.25) is 0 Å². The van der Waals surface area contributed by atoms with Crippen LogP contribution < -0.4 is 0 Å². The van der Waals surface area contributed by atoms with Gasteiger partial charge in [0.2, 0.25) is 0 Å². The second-order valence-corrected chi connectivity index (χ2v) is 1.47. The zero-order valence-electron chi connectivity index (χ0n) is 5.09. The van der Waals surface area contributed by atoms with E-state index in [1.807, 2.05) is 0 Å². The predicted molar refractivity (Wildman–Crippen MR) is 31.6 cm³/mol. The third-order valence-electron chi connectivity index (χ3n) is 0.822. The van der Waals surface area contributed by atoms with Gasteiger partial charge < -0.3 is 5.11 Å². The lowest BCUT2D eigenvalue weighted by Crippen LogP contribution is -1.89. The van der Waals surface area contributed by atoms with Crippen molar-refractivity contribution in [3.05, 3.63) is 11.6 Å². The highest BCUT2D eigenvalue weighted by molar-refractivity contribution is 5.81. The number of allylic oxidation sites excluding steroid dienone is 1. The Morgan fingerprint density at radius 2 is 2.44 bits per heavy atom. The molecule has 0 unspecified atom stereocenters. The second-order valence-electron chi connectivity index (χ2n) is 1.47. The fourth-order valence-electron chi connectivity index (χ4n) is 0.362. The Balaban J connectivity index is 4.13. The number of rotatable bonds is 2. The molecule has 0 aromatic rings. The zero-order valence-corrected chi connectivity index (χ0v) is 5.09. The van der Waals surface area contributed by atoms with Gasteiger partial charge in [-0.15, -0.1) is 0 Å². The van der Waals surface area contributed by atoms with Crippen molar-refractivity contribution in [3.8, 4) is 6.07 Å². The van der Waals surface area contributed by atoms with E-state index in [4.69, 9.17) is 10.4 Å². The molecule has 3 heteroatoms. The molecule has 0 radical (unpaired) electrons. The number of hydrogen-bond donors (Lipinski definition) is 1. The van der Waals surface area contributed by atoms with Crippen LogP contribution in [0.1, 0.15) is 13.3 Å². The summed E-state index contributed by atoms with van der Waals surface area (Å²) in [5.74, 6) is -1.06. The fraction of sp³-hybridized carbons (Fsp3) is 0.333. The molecule has 48 valence electrons. The Hall–Kier alpha value is -1.30. The maximum absolute atomic E-state index is 9.90. The van der Waals surface area contributed by atoms with Crippen molar-refractivity contribution in [1.29, 1.82) is 5.26 Å². The van der Waals surface area contributed by atoms with Gasteiger partial charge >= 0.3 is 5.97 Å². The van der Waals surface area contributed by atoms with Crippen LogP contribution >= 0.6 is 0 Å². The number of carboxylic acid groups (broad SMARTS) is 1. The minimum absolute atomic E-state index is 0.294. The molecule has 0 bridgehead atoms. The van der Waals surface area contributed by atoms with Gasteiger partial charge in [-0.1, -0.05) is 6.92 Å². The third-order valence-corrected chi connectivity index (χ3v) is 0.822. The molecule has 0 rings (SSSR count). The van der Waals surface area contributed by atoms with Crippen LogP contribution in [-0.4, -0.2) is 11.1 Å². The summed E-state index contributed by atoms with van der Waals surface area (Å²) in [7, 11) is 0. The van der Waals surface area contributed by atoms with Crippen LogP contribution in [0.4, 0.5) is 0 Å². The molecule has 0 heterocycles. The Labute approximate surface area is 53.2 Å². The predicted octanol–water partition coefficient (Wildman–Crippen LogP) is 0.931. The topological polar surface area (TPSA) is 61.1 Å². The highest BCUT2D eigenvalue weighted by Crippen LogP contribution is 1.95. The lowest BCUT2D eigenvalue weighted by atomic mass is 10.2. The van der Waals surface area contributed by atoms with Crippen LogP contribution in [0.25, 0.3) is 0 Å². The average Bonchev–Trinajstić information content (AvgIpc) is 1.82. The molecular weight excluding hydrogens is 118 g/mol. The lowest BCUT2D eigenvalue weighted by Gasteiger charge is -1.84. The van der Waals surface area contributed by atoms with Gasteiger partial charge in [-0.3, -0.25) is 0 Å². The Morgan fingerprint density at radius 3 is 2.56 bits per heavy atom. The van der Waals surface area contributed by atoms with Gasteiger partial charge in [0.05, 0.1) is 6.07 Å². The number of carbonyl (C=O) groups is 1. The summed E-state index contributed by atoms with van der Waals surface area (Å²) in [6.07, 6.45) is 1.39. The maximum atomic E-state index is 9.90. The third kappa shape index (κ3) is 3.30. The summed E-state index contributed by atoms with van der Waals surface area (Å²) < 4.78 is 0. The standard InChI is InChI=1S/C6H7NO2/c1-2-5(4-7)3-6(8)9/h3H,2H2,1H3,(H,8,9). The molecule has 0 aliphatic carbocycles. The van der Waals surface area contributed by atoms with Crippen molar-refractivity contribution >= 4 is 5.97 Å². The highest BCUT2D eigenvalue weighted by atomic mass is 16.4. The van der Waals surface area contributed by atoms with E-state index in [1.165, 1.54) is 0 Å². The number of hydrogen-bond acceptors (Lipinski definition) is 2. The Kier molecular flexibility index (Phi) is 3.14. The van der Waals surface area contributed by atoms with E-state index in [0.717, 1.165) is 6.08 Å². The monoisotopic (exact) mass is 125 g/mol. The maximum Gasteiger partial charge on any atom is 0.329 e. The summed E-state index contributed by atoms with van der Waals surface area (Å²) in [4.78, 5) is 9.90. The first-order valence-corrected chi connectivity index (χ1v) is 2.54. The first-order valence-electron chi connectivity index (χ1n) is 2.54. The second kappa shape index (κ2) is 3.67. The zero-order chi connectivity index (χ0) is 7.28.